The minimum absolute atomic E-state index is 0.0404. The Morgan fingerprint density at radius 2 is 2.00 bits per heavy atom. The highest BCUT2D eigenvalue weighted by atomic mass is 16.6. The van der Waals surface area contributed by atoms with E-state index in [1.165, 1.54) is 0 Å². The number of ether oxygens (including phenoxy) is 2. The first-order valence-corrected chi connectivity index (χ1v) is 12.3. The number of benzene rings is 2. The highest BCUT2D eigenvalue weighted by molar-refractivity contribution is 6.01. The molecular weight excluding hydrogens is 478 g/mol. The molecule has 1 saturated heterocycles. The van der Waals surface area contributed by atoms with Gasteiger partial charge in [-0.3, -0.25) is 19.4 Å². The largest absolute Gasteiger partial charge is 0.486 e. The molecule has 0 bridgehead atoms. The number of hydrogen-bond acceptors (Lipinski definition) is 8. The summed E-state index contributed by atoms with van der Waals surface area (Å²) in [6.45, 7) is 2.65. The molecule has 1 fully saturated rings. The molecule has 11 nitrogen and oxygen atoms in total. The molecule has 0 aromatic heterocycles. The van der Waals surface area contributed by atoms with Gasteiger partial charge in [0.05, 0.1) is 18.4 Å². The summed E-state index contributed by atoms with van der Waals surface area (Å²) in [5.74, 6) is -0.412. The maximum Gasteiger partial charge on any atom is 0.305 e. The van der Waals surface area contributed by atoms with Crippen molar-refractivity contribution < 1.29 is 29.0 Å². The lowest BCUT2D eigenvalue weighted by Gasteiger charge is -2.23. The minimum atomic E-state index is -1.05. The van der Waals surface area contributed by atoms with Crippen molar-refractivity contribution in [3.63, 3.8) is 0 Å². The van der Waals surface area contributed by atoms with Crippen LogP contribution >= 0.6 is 0 Å². The average molecular weight is 508 g/mol. The first kappa shape index (κ1) is 24.4. The maximum atomic E-state index is 13.2. The number of nitrogens with one attached hydrogen (secondary N) is 3. The molecule has 0 saturated carbocycles. The topological polar surface area (TPSA) is 142 Å². The second kappa shape index (κ2) is 10.8. The molecule has 2 aromatic rings. The lowest BCUT2D eigenvalue weighted by Crippen LogP contribution is -2.36. The number of amides is 2. The highest BCUT2D eigenvalue weighted by Gasteiger charge is 2.36. The number of carboxylic acid groups (broad SMARTS) is 1. The van der Waals surface area contributed by atoms with E-state index in [1.807, 2.05) is 24.3 Å². The average Bonchev–Trinajstić information content (AvgIpc) is 3.30. The lowest BCUT2D eigenvalue weighted by atomic mass is 10.0. The quantitative estimate of drug-likeness (QED) is 0.445. The van der Waals surface area contributed by atoms with Gasteiger partial charge in [-0.15, -0.1) is 0 Å². The number of anilines is 2. The Morgan fingerprint density at radius 3 is 2.78 bits per heavy atom. The molecule has 194 valence electrons. The van der Waals surface area contributed by atoms with Crippen molar-refractivity contribution in [2.75, 3.05) is 43.1 Å². The van der Waals surface area contributed by atoms with Gasteiger partial charge in [0.25, 0.3) is 0 Å². The summed E-state index contributed by atoms with van der Waals surface area (Å²) in [5, 5.41) is 18.7. The number of hydrogen-bond donors (Lipinski definition) is 4. The third-order valence-electron chi connectivity index (χ3n) is 6.48. The van der Waals surface area contributed by atoms with Gasteiger partial charge < -0.3 is 35.4 Å². The van der Waals surface area contributed by atoms with Crippen LogP contribution in [0.5, 0.6) is 11.5 Å². The molecule has 11 heteroatoms. The summed E-state index contributed by atoms with van der Waals surface area (Å²) in [4.78, 5) is 43.6. The van der Waals surface area contributed by atoms with Gasteiger partial charge in [-0.25, -0.2) is 0 Å². The molecule has 2 aromatic carbocycles. The molecule has 4 N–H and O–H groups in total. The summed E-state index contributed by atoms with van der Waals surface area (Å²) in [7, 11) is 0. The van der Waals surface area contributed by atoms with Crippen LogP contribution in [-0.4, -0.2) is 61.7 Å². The molecule has 0 spiro atoms. The van der Waals surface area contributed by atoms with Gasteiger partial charge >= 0.3 is 5.97 Å². The Bertz CT molecular complexity index is 1230. The van der Waals surface area contributed by atoms with Crippen LogP contribution in [-0.2, 0) is 14.4 Å². The number of aliphatic carboxylic acids is 1. The molecule has 2 amide bonds. The normalized spacial score (nSPS) is 19.5. The Kier molecular flexibility index (Phi) is 7.11. The van der Waals surface area contributed by atoms with Gasteiger partial charge in [0.1, 0.15) is 13.2 Å². The van der Waals surface area contributed by atoms with Crippen molar-refractivity contribution >= 4 is 35.1 Å². The third-order valence-corrected chi connectivity index (χ3v) is 6.48. The van der Waals surface area contributed by atoms with Crippen LogP contribution in [0.2, 0.25) is 0 Å². The van der Waals surface area contributed by atoms with E-state index >= 15 is 0 Å². The standard InChI is InChI=1S/C26H29N5O6/c32-23-12-17(15-31(23)19-4-1-3-18(13-19)29-26-27-7-2-8-28-26)25(35)30-20(14-24(33)34)16-5-6-21-22(11-16)37-10-9-36-21/h1,3-6,11,13,17,20H,2,7-10,12,14-15H2,(H,30,35)(H,33,34)(H2,27,28,29). The van der Waals surface area contributed by atoms with Crippen molar-refractivity contribution in [3.8, 4) is 11.5 Å². The van der Waals surface area contributed by atoms with Crippen molar-refractivity contribution in [2.45, 2.75) is 25.3 Å². The summed E-state index contributed by atoms with van der Waals surface area (Å²) >= 11 is 0. The van der Waals surface area contributed by atoms with Crippen molar-refractivity contribution in [1.29, 1.82) is 0 Å². The zero-order valence-corrected chi connectivity index (χ0v) is 20.2. The predicted molar refractivity (Wildman–Crippen MR) is 136 cm³/mol. The maximum absolute atomic E-state index is 13.2. The van der Waals surface area contributed by atoms with Gasteiger partial charge in [0, 0.05) is 37.4 Å². The van der Waals surface area contributed by atoms with Crippen LogP contribution in [0.1, 0.15) is 30.9 Å². The van der Waals surface area contributed by atoms with Gasteiger partial charge in [-0.05, 0) is 42.3 Å². The fraction of sp³-hybridized carbons (Fsp3) is 0.385. The smallest absolute Gasteiger partial charge is 0.305 e. The van der Waals surface area contributed by atoms with E-state index in [1.54, 1.807) is 23.1 Å². The highest BCUT2D eigenvalue weighted by Crippen LogP contribution is 2.34. The van der Waals surface area contributed by atoms with Gasteiger partial charge in [0.2, 0.25) is 11.8 Å². The van der Waals surface area contributed by atoms with Crippen LogP contribution in [0.3, 0.4) is 0 Å². The van der Waals surface area contributed by atoms with E-state index in [2.05, 4.69) is 20.9 Å². The van der Waals surface area contributed by atoms with E-state index < -0.39 is 17.9 Å². The Hall–Kier alpha value is -4.28. The molecule has 0 radical (unpaired) electrons. The molecule has 3 heterocycles. The van der Waals surface area contributed by atoms with E-state index in [0.717, 1.165) is 25.2 Å². The van der Waals surface area contributed by atoms with Crippen LogP contribution in [0, 0.1) is 5.92 Å². The summed E-state index contributed by atoms with van der Waals surface area (Å²) in [6, 6.07) is 11.7. The van der Waals surface area contributed by atoms with Gasteiger partial charge in [-0.2, -0.15) is 0 Å². The van der Waals surface area contributed by atoms with Crippen LogP contribution in [0.4, 0.5) is 11.4 Å². The lowest BCUT2D eigenvalue weighted by molar-refractivity contribution is -0.138. The number of rotatable bonds is 7. The van der Waals surface area contributed by atoms with E-state index in [-0.39, 0.29) is 31.2 Å². The molecule has 3 aliphatic heterocycles. The summed E-state index contributed by atoms with van der Waals surface area (Å²) in [5.41, 5.74) is 2.06. The van der Waals surface area contributed by atoms with Gasteiger partial charge in [-0.1, -0.05) is 12.1 Å². The number of carbonyl (C=O) groups excluding carboxylic acids is 2. The van der Waals surface area contributed by atoms with E-state index in [0.29, 0.717) is 41.9 Å². The zero-order chi connectivity index (χ0) is 25.8. The number of carboxylic acids is 1. The minimum Gasteiger partial charge on any atom is -0.486 e. The van der Waals surface area contributed by atoms with Crippen molar-refractivity contribution in [1.82, 2.24) is 10.6 Å². The molecule has 2 unspecified atom stereocenters. The predicted octanol–water partition coefficient (Wildman–Crippen LogP) is 1.90. The van der Waals surface area contributed by atoms with Crippen molar-refractivity contribution in [2.24, 2.45) is 10.9 Å². The van der Waals surface area contributed by atoms with Crippen molar-refractivity contribution in [3.05, 3.63) is 48.0 Å². The molecule has 37 heavy (non-hydrogen) atoms. The number of aliphatic imine (C=N–C) groups is 1. The second-order valence-electron chi connectivity index (χ2n) is 9.15. The zero-order valence-electron chi connectivity index (χ0n) is 20.2. The van der Waals surface area contributed by atoms with Gasteiger partial charge in [0.15, 0.2) is 17.5 Å². The number of guanidine groups is 1. The van der Waals surface area contributed by atoms with E-state index in [4.69, 9.17) is 9.47 Å². The fourth-order valence-corrected chi connectivity index (χ4v) is 4.63. The van der Waals surface area contributed by atoms with E-state index in [9.17, 15) is 19.5 Å². The molecule has 3 aliphatic rings. The number of fused-ring (bicyclic) bond motifs is 1. The first-order chi connectivity index (χ1) is 18.0. The number of nitrogens with zero attached hydrogens (tertiary/aromatic N) is 2. The van der Waals surface area contributed by atoms with Crippen LogP contribution < -0.4 is 30.3 Å². The second-order valence-corrected chi connectivity index (χ2v) is 9.15. The van der Waals surface area contributed by atoms with Crippen LogP contribution in [0.25, 0.3) is 0 Å². The Morgan fingerprint density at radius 1 is 1.16 bits per heavy atom. The third kappa shape index (κ3) is 5.76. The molecule has 2 atom stereocenters. The SMILES string of the molecule is O=C(O)CC(NC(=O)C1CC(=O)N(c2cccc(NC3=NCCCN3)c2)C1)c1ccc2c(c1)OCCO2. The summed E-state index contributed by atoms with van der Waals surface area (Å²) in [6.07, 6.45) is 0.721. The monoisotopic (exact) mass is 507 g/mol. The van der Waals surface area contributed by atoms with Crippen LogP contribution in [0.15, 0.2) is 47.5 Å². The first-order valence-electron chi connectivity index (χ1n) is 12.3. The molecule has 0 aliphatic carbocycles. The Labute approximate surface area is 213 Å². The summed E-state index contributed by atoms with van der Waals surface area (Å²) < 4.78 is 11.1. The Balaban J connectivity index is 1.27. The fourth-order valence-electron chi connectivity index (χ4n) is 4.63. The number of carbonyl (C=O) groups is 3. The molecule has 5 rings (SSSR count). The molecular formula is C26H29N5O6.